The van der Waals surface area contributed by atoms with E-state index in [1.54, 1.807) is 0 Å². The monoisotopic (exact) mass is 1010 g/mol. The summed E-state index contributed by atoms with van der Waals surface area (Å²) in [7, 11) is 2.00. The third-order valence-electron chi connectivity index (χ3n) is 9.47. The van der Waals surface area contributed by atoms with Crippen LogP contribution >= 0.6 is 92.8 Å². The maximum Gasteiger partial charge on any atom is 0.132 e. The van der Waals surface area contributed by atoms with Crippen LogP contribution in [0, 0.1) is 23.7 Å². The molecule has 4 aromatic heterocycles. The van der Waals surface area contributed by atoms with E-state index in [1.807, 2.05) is 121 Å². The molecule has 0 fully saturated rings. The molecule has 61 heavy (non-hydrogen) atoms. The van der Waals surface area contributed by atoms with Crippen LogP contribution in [0.4, 0.5) is 0 Å². The van der Waals surface area contributed by atoms with Gasteiger partial charge in [0, 0.05) is 106 Å². The van der Waals surface area contributed by atoms with Crippen molar-refractivity contribution in [3.8, 4) is 0 Å². The van der Waals surface area contributed by atoms with Crippen LogP contribution in [-0.2, 0) is 19.5 Å². The SMILES string of the molecule is CO.CO.Clc1c2[n-]c(c1Cl)[C+](c1ccccc1)c1[n-]c(c(Cl)c1Cl)[C+](c1ccccc1)c1[n-]c(c(Cl)c1Cl)[C+](c1ccccc1)c1[n-]c(c(Cl)c1Cl)[C+]2c1ccccc1.[Zn]. The van der Waals surface area contributed by atoms with Crippen LogP contribution in [-0.4, -0.2) is 24.4 Å². The van der Waals surface area contributed by atoms with E-state index in [0.29, 0.717) is 91.5 Å². The van der Waals surface area contributed by atoms with Crippen LogP contribution < -0.4 is 19.9 Å². The second kappa shape index (κ2) is 20.2. The van der Waals surface area contributed by atoms with Gasteiger partial charge in [-0.25, -0.2) is 0 Å². The Balaban J connectivity index is 0.00000121. The van der Waals surface area contributed by atoms with E-state index in [0.717, 1.165) is 14.2 Å². The number of hydrogen-bond donors (Lipinski definition) is 2. The molecule has 1 aliphatic rings. The van der Waals surface area contributed by atoms with Gasteiger partial charge < -0.3 is 30.1 Å². The average Bonchev–Trinajstić information content (AvgIpc) is 3.95. The predicted octanol–water partition coefficient (Wildman–Crippen LogP) is 12.3. The maximum atomic E-state index is 7.23. The number of benzene rings is 4. The minimum Gasteiger partial charge on any atom is -0.626 e. The van der Waals surface area contributed by atoms with Crippen molar-refractivity contribution in [2.45, 2.75) is 0 Å². The Hall–Kier alpha value is -3.66. The Morgan fingerprint density at radius 3 is 0.541 bits per heavy atom. The molecule has 302 valence electrons. The van der Waals surface area contributed by atoms with Gasteiger partial charge in [-0.1, -0.05) is 0 Å². The van der Waals surface area contributed by atoms with E-state index >= 15 is 0 Å². The zero-order valence-corrected chi connectivity index (χ0v) is 41.0. The summed E-state index contributed by atoms with van der Waals surface area (Å²) in [6.45, 7) is 0. The molecule has 0 amide bonds. The molecule has 0 saturated carbocycles. The molecule has 0 saturated heterocycles. The number of aliphatic hydroxyl groups is 2. The summed E-state index contributed by atoms with van der Waals surface area (Å²) < 4.78 is 0. The minimum atomic E-state index is 0. The molecule has 6 nitrogen and oxygen atoms in total. The average molecular weight is 1020 g/mol. The number of nitrogens with zero attached hydrogens (tertiary/aromatic N) is 4. The summed E-state index contributed by atoms with van der Waals surface area (Å²) in [5.74, 6) is 1.92. The Bertz CT molecular complexity index is 2250. The molecule has 0 radical (unpaired) electrons. The van der Waals surface area contributed by atoms with Gasteiger partial charge in [0.25, 0.3) is 0 Å². The van der Waals surface area contributed by atoms with Gasteiger partial charge in [-0.2, -0.15) is 0 Å². The van der Waals surface area contributed by atoms with E-state index in [1.165, 1.54) is 0 Å². The smallest absolute Gasteiger partial charge is 0.132 e. The van der Waals surface area contributed by atoms with Gasteiger partial charge in [0.05, 0.1) is 22.3 Å². The number of aromatic nitrogens is 4. The molecule has 4 aromatic carbocycles. The predicted molar refractivity (Wildman–Crippen MR) is 243 cm³/mol. The molecule has 9 rings (SSSR count). The third-order valence-corrected chi connectivity index (χ3v) is 12.8. The number of hydrogen-bond acceptors (Lipinski definition) is 2. The van der Waals surface area contributed by atoms with Crippen LogP contribution in [0.2, 0.25) is 40.2 Å². The van der Waals surface area contributed by atoms with Crippen molar-refractivity contribution in [2.75, 3.05) is 14.2 Å². The van der Waals surface area contributed by atoms with Crippen LogP contribution in [0.1, 0.15) is 67.8 Å². The summed E-state index contributed by atoms with van der Waals surface area (Å²) in [6.07, 6.45) is 0. The van der Waals surface area contributed by atoms with Gasteiger partial charge in [0.2, 0.25) is 0 Å². The van der Waals surface area contributed by atoms with E-state index in [4.69, 9.17) is 123 Å². The first-order valence-corrected chi connectivity index (χ1v) is 20.9. The fraction of sp³-hybridized carbons (Fsp3) is 0.0435. The zero-order chi connectivity index (χ0) is 42.8. The molecule has 0 spiro atoms. The van der Waals surface area contributed by atoms with Crippen molar-refractivity contribution < 1.29 is 29.7 Å². The van der Waals surface area contributed by atoms with Crippen molar-refractivity contribution in [1.82, 2.24) is 19.9 Å². The molecule has 2 N–H and O–H groups in total. The first kappa shape index (κ1) is 46.8. The fourth-order valence-electron chi connectivity index (χ4n) is 6.96. The Morgan fingerprint density at radius 2 is 0.410 bits per heavy atom. The molecular formula is C46H28Cl8N4O2Zn. The van der Waals surface area contributed by atoms with Crippen molar-refractivity contribution in [3.05, 3.63) is 253 Å². The van der Waals surface area contributed by atoms with Crippen molar-refractivity contribution in [2.24, 2.45) is 0 Å². The number of fused-ring (bicyclic) bond motifs is 8. The van der Waals surface area contributed by atoms with Crippen LogP contribution in [0.25, 0.3) is 0 Å². The molecule has 8 bridgehead atoms. The van der Waals surface area contributed by atoms with Crippen LogP contribution in [0.3, 0.4) is 0 Å². The topological polar surface area (TPSA) is 96.9 Å². The van der Waals surface area contributed by atoms with E-state index in [9.17, 15) is 0 Å². The largest absolute Gasteiger partial charge is 0.626 e. The third kappa shape index (κ3) is 8.45. The number of halogens is 8. The second-order valence-electron chi connectivity index (χ2n) is 12.7. The minimum absolute atomic E-state index is 0. The Kier molecular flexibility index (Phi) is 15.5. The summed E-state index contributed by atoms with van der Waals surface area (Å²) in [4.78, 5) is 20.7. The van der Waals surface area contributed by atoms with Crippen molar-refractivity contribution >= 4 is 92.8 Å². The van der Waals surface area contributed by atoms with Crippen LogP contribution in [0.5, 0.6) is 0 Å². The van der Waals surface area contributed by atoms with Gasteiger partial charge in [0.15, 0.2) is 0 Å². The van der Waals surface area contributed by atoms with E-state index in [-0.39, 0.29) is 59.7 Å². The first-order valence-electron chi connectivity index (χ1n) is 17.8. The summed E-state index contributed by atoms with van der Waals surface area (Å²) >= 11 is 57.9. The van der Waals surface area contributed by atoms with Crippen LogP contribution in [0.15, 0.2) is 121 Å². The zero-order valence-electron chi connectivity index (χ0n) is 32.0. The Labute approximate surface area is 406 Å². The summed E-state index contributed by atoms with van der Waals surface area (Å²) in [5, 5.41) is 15.3. The van der Waals surface area contributed by atoms with E-state index < -0.39 is 0 Å². The van der Waals surface area contributed by atoms with Crippen molar-refractivity contribution in [1.29, 1.82) is 0 Å². The molecule has 15 heteroatoms. The number of rotatable bonds is 4. The molecular weight excluding hydrogens is 990 g/mol. The second-order valence-corrected chi connectivity index (χ2v) is 15.7. The molecule has 0 aliphatic carbocycles. The molecule has 0 unspecified atom stereocenters. The van der Waals surface area contributed by atoms with Gasteiger partial charge in [-0.15, -0.1) is 0 Å². The molecule has 5 heterocycles. The first-order chi connectivity index (χ1) is 29.2. The molecule has 8 aromatic rings. The van der Waals surface area contributed by atoms with Crippen molar-refractivity contribution in [3.63, 3.8) is 0 Å². The van der Waals surface area contributed by atoms with Gasteiger partial charge in [-0.3, -0.25) is 0 Å². The fourth-order valence-corrected chi connectivity index (χ4v) is 8.77. The van der Waals surface area contributed by atoms with E-state index in [2.05, 4.69) is 0 Å². The quantitative estimate of drug-likeness (QED) is 0.135. The normalized spacial score (nSPS) is 12.0. The summed E-state index contributed by atoms with van der Waals surface area (Å²) in [5.41, 5.74) is 5.27. The Morgan fingerprint density at radius 1 is 0.279 bits per heavy atom. The molecule has 0 atom stereocenters. The standard InChI is InChI=1S/C44H20Cl8N4.2CH4O.Zn/c45-29-31(47)39-26(22-15-7-2-8-16-22)41-33(49)35(51)43(55-41)28(24-19-11-4-12-20-24)44-36(52)34(50)42(56-44)27(23-17-9-3-10-18-23)40-32(48)30(46)38(54-40)25(37(29)53-39)21-13-5-1-6-14-21;2*1-2;/h1-20H;2*2H,1H3;. The maximum absolute atomic E-state index is 7.23. The number of aliphatic hydroxyl groups excluding tert-OH is 2. The van der Waals surface area contributed by atoms with Gasteiger partial charge >= 0.3 is 0 Å². The van der Waals surface area contributed by atoms with Gasteiger partial charge in [-0.05, 0) is 211 Å². The molecule has 1 aliphatic heterocycles. The summed E-state index contributed by atoms with van der Waals surface area (Å²) in [6, 6.07) is 37.9. The van der Waals surface area contributed by atoms with Gasteiger partial charge in [0.1, 0.15) is 40.2 Å².